The summed E-state index contributed by atoms with van der Waals surface area (Å²) in [6.45, 7) is 6.09. The molecular formula is C13H20ClN3O3. The molecule has 1 N–H and O–H groups in total. The largest absolute Gasteiger partial charge is 0.379 e. The van der Waals surface area contributed by atoms with Gasteiger partial charge in [0.25, 0.3) is 5.56 Å². The van der Waals surface area contributed by atoms with E-state index in [2.05, 4.69) is 9.88 Å². The molecule has 0 spiro atoms. The van der Waals surface area contributed by atoms with Gasteiger partial charge in [0.15, 0.2) is 0 Å². The lowest BCUT2D eigenvalue weighted by molar-refractivity contribution is 0.0361. The Labute approximate surface area is 122 Å². The van der Waals surface area contributed by atoms with Crippen LogP contribution in [0, 0.1) is 0 Å². The Kier molecular flexibility index (Phi) is 5.39. The minimum absolute atomic E-state index is 0.171. The molecule has 0 unspecified atom stereocenters. The third-order valence-corrected chi connectivity index (χ3v) is 3.80. The van der Waals surface area contributed by atoms with Crippen molar-refractivity contribution in [3.05, 3.63) is 31.6 Å². The van der Waals surface area contributed by atoms with Gasteiger partial charge in [-0.2, -0.15) is 0 Å². The van der Waals surface area contributed by atoms with Crippen molar-refractivity contribution in [3.63, 3.8) is 0 Å². The Bertz CT molecular complexity index is 561. The van der Waals surface area contributed by atoms with Gasteiger partial charge in [-0.1, -0.05) is 24.9 Å². The highest BCUT2D eigenvalue weighted by Gasteiger charge is 2.14. The van der Waals surface area contributed by atoms with E-state index in [1.54, 1.807) is 0 Å². The number of ether oxygens (including phenoxy) is 1. The molecule has 112 valence electrons. The van der Waals surface area contributed by atoms with E-state index in [0.29, 0.717) is 38.3 Å². The van der Waals surface area contributed by atoms with E-state index in [1.807, 2.05) is 6.92 Å². The van der Waals surface area contributed by atoms with Crippen molar-refractivity contribution in [3.8, 4) is 0 Å². The van der Waals surface area contributed by atoms with Gasteiger partial charge in [-0.15, -0.1) is 0 Å². The van der Waals surface area contributed by atoms with Gasteiger partial charge in [0.1, 0.15) is 5.15 Å². The van der Waals surface area contributed by atoms with Crippen LogP contribution in [0.3, 0.4) is 0 Å². The maximum atomic E-state index is 12.3. The molecule has 2 heterocycles. The summed E-state index contributed by atoms with van der Waals surface area (Å²) in [5, 5.41) is 0.171. The number of morpholine rings is 1. The van der Waals surface area contributed by atoms with Crippen LogP contribution in [0.15, 0.2) is 9.59 Å². The highest BCUT2D eigenvalue weighted by molar-refractivity contribution is 6.30. The van der Waals surface area contributed by atoms with Crippen LogP contribution in [0.25, 0.3) is 0 Å². The van der Waals surface area contributed by atoms with Gasteiger partial charge >= 0.3 is 5.69 Å². The summed E-state index contributed by atoms with van der Waals surface area (Å²) in [6, 6.07) is 0. The number of hydrogen-bond donors (Lipinski definition) is 1. The molecule has 2 rings (SSSR count). The van der Waals surface area contributed by atoms with Gasteiger partial charge in [-0.05, 0) is 6.42 Å². The molecule has 0 aliphatic carbocycles. The zero-order chi connectivity index (χ0) is 14.5. The van der Waals surface area contributed by atoms with Gasteiger partial charge in [-0.25, -0.2) is 4.79 Å². The number of H-pyrrole nitrogens is 1. The second-order valence-corrected chi connectivity index (χ2v) is 5.26. The summed E-state index contributed by atoms with van der Waals surface area (Å²) in [5.74, 6) is 0. The van der Waals surface area contributed by atoms with Crippen molar-refractivity contribution < 1.29 is 4.74 Å². The molecule has 1 saturated heterocycles. The van der Waals surface area contributed by atoms with Crippen molar-refractivity contribution in [2.45, 2.75) is 26.3 Å². The zero-order valence-corrected chi connectivity index (χ0v) is 12.4. The Hall–Kier alpha value is -1.11. The molecule has 0 aromatic carbocycles. The predicted octanol–water partition coefficient (Wildman–Crippen LogP) is 0.475. The molecule has 1 aromatic heterocycles. The van der Waals surface area contributed by atoms with Gasteiger partial charge in [0.05, 0.1) is 18.8 Å². The number of aromatic amines is 1. The fraction of sp³-hybridized carbons (Fsp3) is 0.692. The normalized spacial score (nSPS) is 16.5. The lowest BCUT2D eigenvalue weighted by Crippen LogP contribution is -2.43. The van der Waals surface area contributed by atoms with Crippen molar-refractivity contribution in [2.75, 3.05) is 32.8 Å². The lowest BCUT2D eigenvalue weighted by Gasteiger charge is -2.26. The fourth-order valence-corrected chi connectivity index (χ4v) is 2.58. The second kappa shape index (κ2) is 7.06. The Balaban J connectivity index is 2.16. The minimum atomic E-state index is -0.437. The average molecular weight is 302 g/mol. The summed E-state index contributed by atoms with van der Waals surface area (Å²) in [5.41, 5.74) is -0.210. The van der Waals surface area contributed by atoms with E-state index in [4.69, 9.17) is 16.3 Å². The quantitative estimate of drug-likeness (QED) is 0.803. The predicted molar refractivity (Wildman–Crippen MR) is 77.6 cm³/mol. The summed E-state index contributed by atoms with van der Waals surface area (Å²) in [4.78, 5) is 28.9. The Morgan fingerprint density at radius 1 is 1.25 bits per heavy atom. The second-order valence-electron chi connectivity index (χ2n) is 4.88. The molecule has 0 bridgehead atoms. The van der Waals surface area contributed by atoms with Crippen molar-refractivity contribution in [1.82, 2.24) is 14.5 Å². The number of halogens is 1. The highest BCUT2D eigenvalue weighted by atomic mass is 35.5. The molecule has 6 nitrogen and oxygen atoms in total. The molecule has 7 heteroatoms. The van der Waals surface area contributed by atoms with Crippen LogP contribution in [0.5, 0.6) is 0 Å². The third-order valence-electron chi connectivity index (χ3n) is 3.47. The van der Waals surface area contributed by atoms with Crippen molar-refractivity contribution >= 4 is 11.6 Å². The van der Waals surface area contributed by atoms with E-state index in [1.165, 1.54) is 4.57 Å². The van der Waals surface area contributed by atoms with E-state index in [-0.39, 0.29) is 10.7 Å². The maximum Gasteiger partial charge on any atom is 0.329 e. The SMILES string of the molecule is CCCc1c(Cl)[nH]c(=O)n(CCN2CCOCC2)c1=O. The first-order valence-corrected chi connectivity index (χ1v) is 7.33. The van der Waals surface area contributed by atoms with E-state index >= 15 is 0 Å². The average Bonchev–Trinajstić information content (AvgIpc) is 2.44. The van der Waals surface area contributed by atoms with Crippen LogP contribution in [-0.2, 0) is 17.7 Å². The molecule has 0 saturated carbocycles. The van der Waals surface area contributed by atoms with Crippen LogP contribution in [0.1, 0.15) is 18.9 Å². The number of hydrogen-bond acceptors (Lipinski definition) is 4. The Morgan fingerprint density at radius 2 is 1.95 bits per heavy atom. The summed E-state index contributed by atoms with van der Waals surface area (Å²) < 4.78 is 6.51. The molecule has 1 aliphatic rings. The first-order chi connectivity index (χ1) is 9.63. The number of aromatic nitrogens is 2. The van der Waals surface area contributed by atoms with Crippen LogP contribution >= 0.6 is 11.6 Å². The Morgan fingerprint density at radius 3 is 2.60 bits per heavy atom. The number of nitrogens with zero attached hydrogens (tertiary/aromatic N) is 2. The molecule has 1 fully saturated rings. The van der Waals surface area contributed by atoms with Crippen LogP contribution in [0.2, 0.25) is 5.15 Å². The molecule has 1 aromatic rings. The van der Waals surface area contributed by atoms with E-state index in [0.717, 1.165) is 19.5 Å². The highest BCUT2D eigenvalue weighted by Crippen LogP contribution is 2.08. The third kappa shape index (κ3) is 3.50. The zero-order valence-electron chi connectivity index (χ0n) is 11.7. The topological polar surface area (TPSA) is 67.3 Å². The minimum Gasteiger partial charge on any atom is -0.379 e. The number of nitrogens with one attached hydrogen (secondary N) is 1. The van der Waals surface area contributed by atoms with Gasteiger partial charge in [0.2, 0.25) is 0 Å². The van der Waals surface area contributed by atoms with E-state index in [9.17, 15) is 9.59 Å². The van der Waals surface area contributed by atoms with Crippen LogP contribution in [0.4, 0.5) is 0 Å². The monoisotopic (exact) mass is 301 g/mol. The van der Waals surface area contributed by atoms with Crippen molar-refractivity contribution in [2.24, 2.45) is 0 Å². The molecule has 0 atom stereocenters. The van der Waals surface area contributed by atoms with Gasteiger partial charge < -0.3 is 4.74 Å². The molecule has 0 radical (unpaired) electrons. The smallest absolute Gasteiger partial charge is 0.329 e. The summed E-state index contributed by atoms with van der Waals surface area (Å²) in [6.07, 6.45) is 1.39. The molecule has 1 aliphatic heterocycles. The first-order valence-electron chi connectivity index (χ1n) is 6.95. The van der Waals surface area contributed by atoms with Crippen LogP contribution < -0.4 is 11.2 Å². The van der Waals surface area contributed by atoms with Gasteiger partial charge in [-0.3, -0.25) is 19.2 Å². The summed E-state index contributed by atoms with van der Waals surface area (Å²) >= 11 is 5.94. The standard InChI is InChI=1S/C13H20ClN3O3/c1-2-3-10-11(14)15-13(19)17(12(10)18)5-4-16-6-8-20-9-7-16/h2-9H2,1H3,(H,15,19). The summed E-state index contributed by atoms with van der Waals surface area (Å²) in [7, 11) is 0. The van der Waals surface area contributed by atoms with Crippen LogP contribution in [-0.4, -0.2) is 47.3 Å². The van der Waals surface area contributed by atoms with Gasteiger partial charge in [0, 0.05) is 26.2 Å². The first kappa shape index (κ1) is 15.3. The number of rotatable bonds is 5. The van der Waals surface area contributed by atoms with Crippen molar-refractivity contribution in [1.29, 1.82) is 0 Å². The molecule has 0 amide bonds. The molecule has 20 heavy (non-hydrogen) atoms. The molecular weight excluding hydrogens is 282 g/mol. The maximum absolute atomic E-state index is 12.3. The van der Waals surface area contributed by atoms with E-state index < -0.39 is 5.69 Å². The fourth-order valence-electron chi connectivity index (χ4n) is 2.32. The lowest BCUT2D eigenvalue weighted by atomic mass is 10.2.